The molecular weight excluding hydrogens is 382 g/mol. The first-order chi connectivity index (χ1) is 14.5. The van der Waals surface area contributed by atoms with Gasteiger partial charge in [-0.1, -0.05) is 12.5 Å². The summed E-state index contributed by atoms with van der Waals surface area (Å²) < 4.78 is 5.75. The normalized spacial score (nSPS) is 13.0. The van der Waals surface area contributed by atoms with Crippen molar-refractivity contribution in [2.45, 2.75) is 45.3 Å². The zero-order valence-corrected chi connectivity index (χ0v) is 17.0. The predicted octanol–water partition coefficient (Wildman–Crippen LogP) is 3.47. The maximum absolute atomic E-state index is 10.2. The average molecular weight is 407 g/mol. The van der Waals surface area contributed by atoms with E-state index in [2.05, 4.69) is 25.5 Å². The van der Waals surface area contributed by atoms with Crippen LogP contribution >= 0.6 is 0 Å². The third-order valence-electron chi connectivity index (χ3n) is 4.39. The molecule has 1 aliphatic rings. The van der Waals surface area contributed by atoms with Crippen LogP contribution in [-0.2, 0) is 0 Å². The van der Waals surface area contributed by atoms with Crippen molar-refractivity contribution < 1.29 is 9.84 Å². The topological polar surface area (TPSA) is 146 Å². The molecule has 3 aromatic rings. The third kappa shape index (κ3) is 5.46. The Balaban J connectivity index is 0.000000448. The Morgan fingerprint density at radius 1 is 1.27 bits per heavy atom. The number of rotatable bonds is 5. The average Bonchev–Trinajstić information content (AvgIpc) is 3.15. The first-order valence-corrected chi connectivity index (χ1v) is 9.75. The SMILES string of the molecule is CC(C)Oc1cccc(O)c1-c1cc(Nc2cnc(C#N)cn2)n[nH]1.NC1CCC1. The van der Waals surface area contributed by atoms with Gasteiger partial charge >= 0.3 is 0 Å². The second-order valence-electron chi connectivity index (χ2n) is 7.20. The molecule has 1 fully saturated rings. The van der Waals surface area contributed by atoms with Gasteiger partial charge in [-0.05, 0) is 38.8 Å². The number of benzene rings is 1. The smallest absolute Gasteiger partial charge is 0.158 e. The van der Waals surface area contributed by atoms with Gasteiger partial charge in [-0.25, -0.2) is 9.97 Å². The van der Waals surface area contributed by atoms with Crippen molar-refractivity contribution in [2.75, 3.05) is 5.32 Å². The number of aromatic nitrogens is 4. The number of H-pyrrole nitrogens is 1. The Bertz CT molecular complexity index is 1000. The van der Waals surface area contributed by atoms with Gasteiger partial charge in [0.25, 0.3) is 0 Å². The first kappa shape index (κ1) is 21.1. The fourth-order valence-electron chi connectivity index (χ4n) is 2.68. The number of ether oxygens (including phenoxy) is 1. The number of hydrogen-bond acceptors (Lipinski definition) is 8. The fraction of sp³-hybridized carbons (Fsp3) is 0.333. The summed E-state index contributed by atoms with van der Waals surface area (Å²) in [5.74, 6) is 1.59. The number of hydrogen-bond donors (Lipinski definition) is 4. The Hall–Kier alpha value is -3.64. The number of nitrogens with two attached hydrogens (primary N) is 1. The van der Waals surface area contributed by atoms with Crippen molar-refractivity contribution in [2.24, 2.45) is 5.73 Å². The van der Waals surface area contributed by atoms with Crippen molar-refractivity contribution in [1.29, 1.82) is 5.26 Å². The van der Waals surface area contributed by atoms with Crippen LogP contribution in [-0.4, -0.2) is 37.4 Å². The highest BCUT2D eigenvalue weighted by atomic mass is 16.5. The Kier molecular flexibility index (Phi) is 6.83. The van der Waals surface area contributed by atoms with Crippen LogP contribution in [0.3, 0.4) is 0 Å². The van der Waals surface area contributed by atoms with Gasteiger partial charge in [0.2, 0.25) is 0 Å². The van der Waals surface area contributed by atoms with E-state index in [1.807, 2.05) is 19.9 Å². The molecule has 156 valence electrons. The van der Waals surface area contributed by atoms with Crippen LogP contribution in [0.15, 0.2) is 36.7 Å². The van der Waals surface area contributed by atoms with Crippen LogP contribution in [0.1, 0.15) is 38.8 Å². The molecule has 0 amide bonds. The molecule has 0 spiro atoms. The summed E-state index contributed by atoms with van der Waals surface area (Å²) in [5, 5.41) is 28.9. The van der Waals surface area contributed by atoms with Gasteiger partial charge in [0, 0.05) is 12.1 Å². The highest BCUT2D eigenvalue weighted by molar-refractivity contribution is 5.76. The van der Waals surface area contributed by atoms with E-state index < -0.39 is 0 Å². The lowest BCUT2D eigenvalue weighted by molar-refractivity contribution is 0.242. The molecule has 1 aromatic carbocycles. The second kappa shape index (κ2) is 9.71. The van der Waals surface area contributed by atoms with Gasteiger partial charge in [-0.2, -0.15) is 10.4 Å². The molecule has 0 unspecified atom stereocenters. The molecule has 1 aliphatic carbocycles. The van der Waals surface area contributed by atoms with E-state index in [-0.39, 0.29) is 17.5 Å². The van der Waals surface area contributed by atoms with Crippen LogP contribution in [0, 0.1) is 11.3 Å². The fourth-order valence-corrected chi connectivity index (χ4v) is 2.68. The quantitative estimate of drug-likeness (QED) is 0.503. The summed E-state index contributed by atoms with van der Waals surface area (Å²) >= 11 is 0. The number of aromatic hydroxyl groups is 1. The van der Waals surface area contributed by atoms with Gasteiger partial charge in [0.05, 0.1) is 29.8 Å². The van der Waals surface area contributed by atoms with Gasteiger partial charge in [0.15, 0.2) is 11.5 Å². The molecule has 1 saturated carbocycles. The van der Waals surface area contributed by atoms with Crippen LogP contribution in [0.2, 0.25) is 0 Å². The molecule has 5 N–H and O–H groups in total. The van der Waals surface area contributed by atoms with Gasteiger partial charge in [-0.15, -0.1) is 0 Å². The number of phenolic OH excluding ortho intramolecular Hbond substituents is 1. The molecule has 0 aliphatic heterocycles. The lowest BCUT2D eigenvalue weighted by Crippen LogP contribution is -2.27. The Labute approximate surface area is 174 Å². The highest BCUT2D eigenvalue weighted by Gasteiger charge is 2.15. The highest BCUT2D eigenvalue weighted by Crippen LogP contribution is 2.38. The molecule has 9 heteroatoms. The van der Waals surface area contributed by atoms with Gasteiger partial charge < -0.3 is 20.9 Å². The Morgan fingerprint density at radius 3 is 2.60 bits per heavy atom. The summed E-state index contributed by atoms with van der Waals surface area (Å²) in [4.78, 5) is 8.01. The molecule has 0 bridgehead atoms. The van der Waals surface area contributed by atoms with Crippen molar-refractivity contribution in [3.8, 4) is 28.8 Å². The van der Waals surface area contributed by atoms with Crippen molar-refractivity contribution >= 4 is 11.6 Å². The van der Waals surface area contributed by atoms with E-state index in [0.29, 0.717) is 34.7 Å². The molecule has 2 aromatic heterocycles. The number of aromatic amines is 1. The van der Waals surface area contributed by atoms with Crippen LogP contribution < -0.4 is 15.8 Å². The van der Waals surface area contributed by atoms with Crippen LogP contribution in [0.5, 0.6) is 11.5 Å². The zero-order valence-electron chi connectivity index (χ0n) is 17.0. The standard InChI is InChI=1S/C17H16N6O2.C4H9N/c1-10(2)25-14-5-3-4-13(24)17(14)12-6-15(23-22-12)21-16-9-19-11(7-18)8-20-16;5-4-2-1-3-4/h3-6,8-10,24H,1-2H3,(H2,20,21,22,23);4H,1-3,5H2. The first-order valence-electron chi connectivity index (χ1n) is 9.75. The second-order valence-corrected chi connectivity index (χ2v) is 7.20. The molecule has 2 heterocycles. The van der Waals surface area contributed by atoms with E-state index in [9.17, 15) is 5.11 Å². The molecule has 0 atom stereocenters. The molecule has 9 nitrogen and oxygen atoms in total. The minimum absolute atomic E-state index is 0.0324. The summed E-state index contributed by atoms with van der Waals surface area (Å²) in [6.45, 7) is 3.83. The lowest BCUT2D eigenvalue weighted by atomic mass is 9.95. The van der Waals surface area contributed by atoms with E-state index in [4.69, 9.17) is 15.7 Å². The van der Waals surface area contributed by atoms with E-state index in [1.165, 1.54) is 31.7 Å². The maximum atomic E-state index is 10.2. The van der Waals surface area contributed by atoms with Crippen LogP contribution in [0.25, 0.3) is 11.3 Å². The van der Waals surface area contributed by atoms with Crippen molar-refractivity contribution in [3.05, 3.63) is 42.4 Å². The maximum Gasteiger partial charge on any atom is 0.158 e. The summed E-state index contributed by atoms with van der Waals surface area (Å²) in [5.41, 5.74) is 6.74. The monoisotopic (exact) mass is 407 g/mol. The molecule has 0 radical (unpaired) electrons. The summed E-state index contributed by atoms with van der Waals surface area (Å²) in [6, 6.07) is 9.29. The zero-order chi connectivity index (χ0) is 21.5. The summed E-state index contributed by atoms with van der Waals surface area (Å²) in [6.07, 6.45) is 6.67. The van der Waals surface area contributed by atoms with E-state index in [0.717, 1.165) is 0 Å². The van der Waals surface area contributed by atoms with Crippen molar-refractivity contribution in [3.63, 3.8) is 0 Å². The minimum Gasteiger partial charge on any atom is -0.507 e. The van der Waals surface area contributed by atoms with Gasteiger partial charge in [0.1, 0.15) is 23.4 Å². The molecular formula is C21H25N7O2. The number of phenols is 1. The number of anilines is 2. The van der Waals surface area contributed by atoms with Crippen molar-refractivity contribution in [1.82, 2.24) is 20.2 Å². The third-order valence-corrected chi connectivity index (χ3v) is 4.39. The lowest BCUT2D eigenvalue weighted by Gasteiger charge is -2.18. The summed E-state index contributed by atoms with van der Waals surface area (Å²) in [7, 11) is 0. The van der Waals surface area contributed by atoms with Gasteiger partial charge in [-0.3, -0.25) is 5.10 Å². The largest absolute Gasteiger partial charge is 0.507 e. The number of nitriles is 1. The minimum atomic E-state index is -0.0324. The predicted molar refractivity (Wildman–Crippen MR) is 113 cm³/mol. The number of nitrogens with one attached hydrogen (secondary N) is 2. The van der Waals surface area contributed by atoms with Crippen LogP contribution in [0.4, 0.5) is 11.6 Å². The number of nitrogens with zero attached hydrogens (tertiary/aromatic N) is 4. The molecule has 30 heavy (non-hydrogen) atoms. The van der Waals surface area contributed by atoms with E-state index >= 15 is 0 Å². The Morgan fingerprint density at radius 2 is 2.03 bits per heavy atom. The van der Waals surface area contributed by atoms with E-state index in [1.54, 1.807) is 24.3 Å². The molecule has 0 saturated heterocycles. The molecule has 4 rings (SSSR count).